The predicted molar refractivity (Wildman–Crippen MR) is 109 cm³/mol. The Hall–Kier alpha value is -3.87. The fourth-order valence-corrected chi connectivity index (χ4v) is 2.89. The van der Waals surface area contributed by atoms with Gasteiger partial charge < -0.3 is 20.8 Å². The van der Waals surface area contributed by atoms with Crippen LogP contribution in [0.5, 0.6) is 0 Å². The molecule has 0 spiro atoms. The Morgan fingerprint density at radius 1 is 0.931 bits per heavy atom. The lowest BCUT2D eigenvalue weighted by molar-refractivity contribution is 0.0998. The van der Waals surface area contributed by atoms with E-state index in [0.717, 1.165) is 22.7 Å². The van der Waals surface area contributed by atoms with E-state index in [9.17, 15) is 13.6 Å². The van der Waals surface area contributed by atoms with Gasteiger partial charge in [0.2, 0.25) is 0 Å². The molecule has 0 fully saturated rings. The molecule has 3 aromatic carbocycles. The fourth-order valence-electron chi connectivity index (χ4n) is 2.89. The molecule has 1 heterocycles. The summed E-state index contributed by atoms with van der Waals surface area (Å²) in [6.07, 6.45) is 0. The average molecular weight is 393 g/mol. The Morgan fingerprint density at radius 2 is 1.69 bits per heavy atom. The maximum Gasteiger partial charge on any atom is 0.291 e. The zero-order chi connectivity index (χ0) is 20.4. The second kappa shape index (κ2) is 7.63. The molecule has 0 unspecified atom stereocenters. The van der Waals surface area contributed by atoms with Crippen LogP contribution in [0.4, 0.5) is 25.8 Å². The number of fused-ring (bicyclic) bond motifs is 1. The van der Waals surface area contributed by atoms with E-state index in [1.807, 2.05) is 12.1 Å². The van der Waals surface area contributed by atoms with Crippen molar-refractivity contribution in [1.29, 1.82) is 0 Å². The van der Waals surface area contributed by atoms with Gasteiger partial charge in [0, 0.05) is 17.6 Å². The van der Waals surface area contributed by atoms with Crippen molar-refractivity contribution in [2.24, 2.45) is 0 Å². The lowest BCUT2D eigenvalue weighted by atomic mass is 10.2. The van der Waals surface area contributed by atoms with E-state index in [1.54, 1.807) is 24.3 Å². The summed E-state index contributed by atoms with van der Waals surface area (Å²) in [5, 5.41) is 6.52. The molecule has 0 radical (unpaired) electrons. The highest BCUT2D eigenvalue weighted by molar-refractivity contribution is 6.06. The van der Waals surface area contributed by atoms with Gasteiger partial charge in [0.15, 0.2) is 5.76 Å². The lowest BCUT2D eigenvalue weighted by Gasteiger charge is -2.06. The summed E-state index contributed by atoms with van der Waals surface area (Å²) in [5.74, 6) is -1.23. The summed E-state index contributed by atoms with van der Waals surface area (Å²) in [6.45, 7) is 0.524. The fraction of sp³-hybridized carbons (Fsp3) is 0.0455. The Kier molecular flexibility index (Phi) is 4.87. The van der Waals surface area contributed by atoms with E-state index in [2.05, 4.69) is 10.6 Å². The van der Waals surface area contributed by atoms with Crippen LogP contribution in [-0.4, -0.2) is 5.91 Å². The first-order valence-electron chi connectivity index (χ1n) is 8.86. The molecule has 0 aliphatic rings. The van der Waals surface area contributed by atoms with E-state index >= 15 is 0 Å². The van der Waals surface area contributed by atoms with Gasteiger partial charge in [-0.3, -0.25) is 4.79 Å². The van der Waals surface area contributed by atoms with Gasteiger partial charge in [-0.25, -0.2) is 8.78 Å². The maximum absolute atomic E-state index is 13.4. The average Bonchev–Trinajstić information content (AvgIpc) is 3.14. The number of amides is 1. The molecule has 146 valence electrons. The van der Waals surface area contributed by atoms with Crippen LogP contribution in [0.15, 0.2) is 71.1 Å². The highest BCUT2D eigenvalue weighted by atomic mass is 19.1. The number of nitrogens with one attached hydrogen (secondary N) is 2. The molecule has 29 heavy (non-hydrogen) atoms. The van der Waals surface area contributed by atoms with Gasteiger partial charge >= 0.3 is 0 Å². The van der Waals surface area contributed by atoms with Crippen LogP contribution in [0, 0.1) is 11.6 Å². The summed E-state index contributed by atoms with van der Waals surface area (Å²) in [5.41, 5.74) is 8.49. The van der Waals surface area contributed by atoms with Crippen molar-refractivity contribution < 1.29 is 18.0 Å². The summed E-state index contributed by atoms with van der Waals surface area (Å²) in [4.78, 5) is 12.4. The number of anilines is 3. The largest absolute Gasteiger partial charge is 0.451 e. The number of nitrogens with two attached hydrogens (primary N) is 1. The number of benzene rings is 3. The quantitative estimate of drug-likeness (QED) is 0.409. The van der Waals surface area contributed by atoms with Gasteiger partial charge in [-0.15, -0.1) is 0 Å². The van der Waals surface area contributed by atoms with Crippen LogP contribution in [0.2, 0.25) is 0 Å². The van der Waals surface area contributed by atoms with Crippen molar-refractivity contribution >= 4 is 33.9 Å². The molecule has 0 bridgehead atoms. The van der Waals surface area contributed by atoms with E-state index in [-0.39, 0.29) is 23.0 Å². The van der Waals surface area contributed by atoms with Crippen molar-refractivity contribution in [2.75, 3.05) is 16.4 Å². The maximum atomic E-state index is 13.4. The van der Waals surface area contributed by atoms with Gasteiger partial charge in [-0.2, -0.15) is 0 Å². The normalized spacial score (nSPS) is 10.8. The van der Waals surface area contributed by atoms with Gasteiger partial charge in [0.1, 0.15) is 17.2 Å². The molecule has 5 nitrogen and oxygen atoms in total. The van der Waals surface area contributed by atoms with Crippen molar-refractivity contribution in [3.8, 4) is 0 Å². The topological polar surface area (TPSA) is 80.3 Å². The smallest absolute Gasteiger partial charge is 0.291 e. The molecule has 0 aliphatic heterocycles. The second-order valence-electron chi connectivity index (χ2n) is 6.53. The van der Waals surface area contributed by atoms with E-state index < -0.39 is 11.7 Å². The van der Waals surface area contributed by atoms with Crippen LogP contribution in [0.3, 0.4) is 0 Å². The number of rotatable bonds is 5. The number of carbonyl (C=O) groups excluding carboxylic acids is 1. The number of hydrogen-bond acceptors (Lipinski definition) is 4. The summed E-state index contributed by atoms with van der Waals surface area (Å²) in [6, 6.07) is 17.0. The Bertz CT molecular complexity index is 1190. The van der Waals surface area contributed by atoms with Crippen LogP contribution in [0.1, 0.15) is 16.1 Å². The van der Waals surface area contributed by atoms with E-state index in [1.165, 1.54) is 24.3 Å². The van der Waals surface area contributed by atoms with E-state index in [4.69, 9.17) is 10.2 Å². The number of furan rings is 1. The number of hydrogen-bond donors (Lipinski definition) is 3. The molecule has 0 aliphatic carbocycles. The molecule has 7 heteroatoms. The van der Waals surface area contributed by atoms with Gasteiger partial charge in [-0.05, 0) is 60.2 Å². The molecular formula is C22H17F2N3O2. The van der Waals surface area contributed by atoms with Crippen molar-refractivity contribution in [3.05, 3.63) is 89.7 Å². The number of halogens is 2. The first-order valence-corrected chi connectivity index (χ1v) is 8.86. The van der Waals surface area contributed by atoms with Crippen LogP contribution in [-0.2, 0) is 6.54 Å². The minimum atomic E-state index is -0.528. The minimum Gasteiger partial charge on any atom is -0.451 e. The lowest BCUT2D eigenvalue weighted by Crippen LogP contribution is -2.12. The highest BCUT2D eigenvalue weighted by Crippen LogP contribution is 2.25. The molecule has 1 amide bonds. The number of nitrogen functional groups attached to an aromatic ring is 1. The summed E-state index contributed by atoms with van der Waals surface area (Å²) >= 11 is 0. The zero-order valence-corrected chi connectivity index (χ0v) is 15.2. The molecule has 0 saturated carbocycles. The standard InChI is InChI=1S/C22H17F2N3O2/c23-15-3-1-13(2-4-15)12-26-17-6-8-20-14(9-17)10-21(29-20)22(28)27-19-11-16(24)5-7-18(19)25/h1-11,26H,12,25H2,(H,27,28). The van der Waals surface area contributed by atoms with Crippen molar-refractivity contribution in [1.82, 2.24) is 0 Å². The molecule has 0 atom stereocenters. The van der Waals surface area contributed by atoms with Gasteiger partial charge in [-0.1, -0.05) is 12.1 Å². The zero-order valence-electron chi connectivity index (χ0n) is 15.2. The van der Waals surface area contributed by atoms with Crippen LogP contribution in [0.25, 0.3) is 11.0 Å². The molecule has 4 aromatic rings. The Morgan fingerprint density at radius 3 is 2.48 bits per heavy atom. The molecule has 4 N–H and O–H groups in total. The third kappa shape index (κ3) is 4.19. The third-order valence-electron chi connectivity index (χ3n) is 4.41. The first kappa shape index (κ1) is 18.5. The van der Waals surface area contributed by atoms with Crippen molar-refractivity contribution in [2.45, 2.75) is 6.54 Å². The van der Waals surface area contributed by atoms with Crippen LogP contribution < -0.4 is 16.4 Å². The van der Waals surface area contributed by atoms with Crippen molar-refractivity contribution in [3.63, 3.8) is 0 Å². The molecular weight excluding hydrogens is 376 g/mol. The summed E-state index contributed by atoms with van der Waals surface area (Å²) < 4.78 is 31.9. The monoisotopic (exact) mass is 393 g/mol. The highest BCUT2D eigenvalue weighted by Gasteiger charge is 2.14. The molecule has 0 saturated heterocycles. The van der Waals surface area contributed by atoms with Gasteiger partial charge in [0.05, 0.1) is 11.4 Å². The third-order valence-corrected chi connectivity index (χ3v) is 4.41. The Labute approximate surface area is 165 Å². The molecule has 1 aromatic heterocycles. The molecule has 4 rings (SSSR count). The predicted octanol–water partition coefficient (Wildman–Crippen LogP) is 5.16. The van der Waals surface area contributed by atoms with Crippen LogP contribution >= 0.6 is 0 Å². The first-order chi connectivity index (χ1) is 14.0. The van der Waals surface area contributed by atoms with Gasteiger partial charge in [0.25, 0.3) is 5.91 Å². The van der Waals surface area contributed by atoms with E-state index in [0.29, 0.717) is 12.1 Å². The minimum absolute atomic E-state index is 0.0827. The number of carbonyl (C=O) groups is 1. The second-order valence-corrected chi connectivity index (χ2v) is 6.53. The summed E-state index contributed by atoms with van der Waals surface area (Å²) in [7, 11) is 0. The Balaban J connectivity index is 1.49. The SMILES string of the molecule is Nc1ccc(F)cc1NC(=O)c1cc2cc(NCc3ccc(F)cc3)ccc2o1.